The molecule has 0 atom stereocenters. The van der Waals surface area contributed by atoms with E-state index in [1.54, 1.807) is 0 Å². The van der Waals surface area contributed by atoms with E-state index in [1.165, 1.54) is 13.2 Å². The van der Waals surface area contributed by atoms with E-state index >= 15 is 0 Å². The average molecular weight is 372 g/mol. The molecule has 17 heavy (non-hydrogen) atoms. The van der Waals surface area contributed by atoms with E-state index < -0.39 is 15.0 Å². The first-order chi connectivity index (χ1) is 7.45. The molecule has 0 spiro atoms. The first kappa shape index (κ1) is 14.4. The molecule has 0 unspecified atom stereocenters. The number of benzene rings is 1. The molecule has 2 rings (SSSR count). The molecule has 7 nitrogen and oxygen atoms in total. The first-order valence-corrected chi connectivity index (χ1v) is 5.81. The molecule has 2 aromatic rings. The summed E-state index contributed by atoms with van der Waals surface area (Å²) >= 11 is 5.79. The fraction of sp³-hybridized carbons (Fsp3) is 0.143. The first-order valence-electron chi connectivity index (χ1n) is 3.99. The van der Waals surface area contributed by atoms with Crippen LogP contribution in [0.15, 0.2) is 11.0 Å². The van der Waals surface area contributed by atoms with Crippen molar-refractivity contribution in [3.8, 4) is 5.75 Å². The molecule has 10 heteroatoms. The minimum Gasteiger partial charge on any atom is -0.494 e. The van der Waals surface area contributed by atoms with Gasteiger partial charge in [-0.25, -0.2) is 0 Å². The van der Waals surface area contributed by atoms with Gasteiger partial charge in [0.2, 0.25) is 0 Å². The Labute approximate surface area is 117 Å². The predicted octanol–water partition coefficient (Wildman–Crippen LogP) is 0.864. The minimum atomic E-state index is -4.50. The van der Waals surface area contributed by atoms with Gasteiger partial charge in [0.25, 0.3) is 0 Å². The Morgan fingerprint density at radius 2 is 2.12 bits per heavy atom. The predicted molar refractivity (Wildman–Crippen MR) is 55.3 cm³/mol. The van der Waals surface area contributed by atoms with Crippen molar-refractivity contribution < 1.29 is 40.1 Å². The Bertz CT molecular complexity index is 656. The van der Waals surface area contributed by atoms with Gasteiger partial charge < -0.3 is 4.74 Å². The van der Waals surface area contributed by atoms with Crippen LogP contribution in [0.4, 0.5) is 0 Å². The smallest absolute Gasteiger partial charge is 0.494 e. The van der Waals surface area contributed by atoms with Crippen molar-refractivity contribution in [3.05, 3.63) is 11.1 Å². The number of rotatable bonds is 2. The van der Waals surface area contributed by atoms with Crippen molar-refractivity contribution in [1.29, 1.82) is 0 Å². The van der Waals surface area contributed by atoms with Gasteiger partial charge in [-0.05, 0) is 6.07 Å². The summed E-state index contributed by atoms with van der Waals surface area (Å²) in [5.74, 6) is -0.162. The SMILES string of the molecule is COc1c(Cl)cc2n[nH]nc2c1S(=O)(=O)O.[Ag+]. The van der Waals surface area contributed by atoms with Crippen LogP contribution >= 0.6 is 11.6 Å². The van der Waals surface area contributed by atoms with Gasteiger partial charge in [-0.3, -0.25) is 4.55 Å². The number of halogens is 1. The summed E-state index contributed by atoms with van der Waals surface area (Å²) in [5.41, 5.74) is 0.196. The molecule has 96 valence electrons. The van der Waals surface area contributed by atoms with Crippen LogP contribution in [0.3, 0.4) is 0 Å². The van der Waals surface area contributed by atoms with Gasteiger partial charge in [0.15, 0.2) is 10.6 Å². The molecule has 0 aliphatic heterocycles. The standard InChI is InChI=1S/C7H6ClN3O4S.Ag/c1-15-6-3(8)2-4-5(10-11-9-4)7(6)16(12,13)14;/h2H,1H3,(H,9,10,11)(H,12,13,14);/q;+1. The van der Waals surface area contributed by atoms with Gasteiger partial charge in [0.05, 0.1) is 12.1 Å². The van der Waals surface area contributed by atoms with E-state index in [0.29, 0.717) is 0 Å². The fourth-order valence-electron chi connectivity index (χ4n) is 1.34. The molecular formula is C7H6AgClN3O4S+. The molecule has 0 amide bonds. The van der Waals surface area contributed by atoms with Gasteiger partial charge in [0.1, 0.15) is 11.0 Å². The van der Waals surface area contributed by atoms with Crippen LogP contribution in [0.1, 0.15) is 0 Å². The zero-order valence-electron chi connectivity index (χ0n) is 8.23. The van der Waals surface area contributed by atoms with Crippen LogP contribution in [-0.4, -0.2) is 35.5 Å². The van der Waals surface area contributed by atoms with Crippen LogP contribution in [0.25, 0.3) is 11.0 Å². The van der Waals surface area contributed by atoms with Crippen molar-refractivity contribution in [1.82, 2.24) is 15.4 Å². The van der Waals surface area contributed by atoms with E-state index in [-0.39, 0.29) is 44.2 Å². The number of H-pyrrole nitrogens is 1. The van der Waals surface area contributed by atoms with Crippen LogP contribution < -0.4 is 4.74 Å². The topological polar surface area (TPSA) is 105 Å². The molecule has 1 aromatic heterocycles. The maximum Gasteiger partial charge on any atom is 1.00 e. The summed E-state index contributed by atoms with van der Waals surface area (Å²) in [5, 5.41) is 9.56. The summed E-state index contributed by atoms with van der Waals surface area (Å²) in [7, 11) is -3.26. The quantitative estimate of drug-likeness (QED) is 0.599. The number of hydrogen-bond acceptors (Lipinski definition) is 5. The molecule has 0 aliphatic carbocycles. The number of hydrogen-bond donors (Lipinski definition) is 2. The number of aromatic nitrogens is 3. The number of fused-ring (bicyclic) bond motifs is 1. The summed E-state index contributed by atoms with van der Waals surface area (Å²) in [4.78, 5) is -0.494. The van der Waals surface area contributed by atoms with E-state index in [0.717, 1.165) is 0 Å². The minimum absolute atomic E-state index is 0. The third-order valence-corrected chi connectivity index (χ3v) is 3.11. The number of nitrogens with zero attached hydrogens (tertiary/aromatic N) is 2. The normalized spacial score (nSPS) is 11.2. The van der Waals surface area contributed by atoms with Crippen LogP contribution in [0.5, 0.6) is 5.75 Å². The summed E-state index contributed by atoms with van der Waals surface area (Å²) in [6.07, 6.45) is 0. The van der Waals surface area contributed by atoms with Crippen molar-refractivity contribution in [2.75, 3.05) is 7.11 Å². The van der Waals surface area contributed by atoms with Crippen LogP contribution in [-0.2, 0) is 32.5 Å². The summed E-state index contributed by atoms with van der Waals surface area (Å²) in [6, 6.07) is 1.38. The van der Waals surface area contributed by atoms with Crippen LogP contribution in [0, 0.1) is 0 Å². The van der Waals surface area contributed by atoms with Gasteiger partial charge in [-0.15, -0.1) is 0 Å². The van der Waals surface area contributed by atoms with Crippen molar-refractivity contribution in [2.45, 2.75) is 4.90 Å². The molecule has 0 bridgehead atoms. The molecular weight excluding hydrogens is 365 g/mol. The zero-order valence-corrected chi connectivity index (χ0v) is 11.3. The molecule has 0 radical (unpaired) electrons. The molecule has 0 fully saturated rings. The number of ether oxygens (including phenoxy) is 1. The largest absolute Gasteiger partial charge is 1.00 e. The Kier molecular flexibility index (Phi) is 4.18. The second-order valence-electron chi connectivity index (χ2n) is 2.89. The Morgan fingerprint density at radius 3 is 2.65 bits per heavy atom. The Morgan fingerprint density at radius 1 is 1.47 bits per heavy atom. The maximum absolute atomic E-state index is 11.2. The van der Waals surface area contributed by atoms with Crippen molar-refractivity contribution in [2.24, 2.45) is 0 Å². The molecule has 2 N–H and O–H groups in total. The molecule has 0 aliphatic rings. The van der Waals surface area contributed by atoms with E-state index in [9.17, 15) is 8.42 Å². The van der Waals surface area contributed by atoms with Gasteiger partial charge >= 0.3 is 32.5 Å². The zero-order chi connectivity index (χ0) is 11.9. The number of methoxy groups -OCH3 is 1. The Balaban J connectivity index is 0.00000144. The number of aromatic amines is 1. The van der Waals surface area contributed by atoms with E-state index in [4.69, 9.17) is 20.9 Å². The molecule has 0 saturated carbocycles. The summed E-state index contributed by atoms with van der Waals surface area (Å²) in [6.45, 7) is 0. The monoisotopic (exact) mass is 370 g/mol. The molecule has 0 saturated heterocycles. The number of nitrogens with one attached hydrogen (secondary N) is 1. The van der Waals surface area contributed by atoms with Crippen molar-refractivity contribution in [3.63, 3.8) is 0 Å². The third kappa shape index (κ3) is 2.46. The van der Waals surface area contributed by atoms with Crippen LogP contribution in [0.2, 0.25) is 5.02 Å². The Hall–Kier alpha value is -0.640. The summed E-state index contributed by atoms with van der Waals surface area (Å²) < 4.78 is 36.3. The van der Waals surface area contributed by atoms with E-state index in [2.05, 4.69) is 15.4 Å². The third-order valence-electron chi connectivity index (χ3n) is 1.94. The second-order valence-corrected chi connectivity index (χ2v) is 4.65. The van der Waals surface area contributed by atoms with E-state index in [1.807, 2.05) is 0 Å². The fourth-order valence-corrected chi connectivity index (χ4v) is 2.49. The van der Waals surface area contributed by atoms with Gasteiger partial charge in [0, 0.05) is 0 Å². The van der Waals surface area contributed by atoms with Crippen molar-refractivity contribution >= 4 is 32.8 Å². The second kappa shape index (κ2) is 4.93. The molecule has 1 aromatic carbocycles. The average Bonchev–Trinajstić information content (AvgIpc) is 2.60. The van der Waals surface area contributed by atoms with Gasteiger partial charge in [-0.1, -0.05) is 11.6 Å². The maximum atomic E-state index is 11.2. The molecule has 1 heterocycles. The van der Waals surface area contributed by atoms with Gasteiger partial charge in [-0.2, -0.15) is 23.8 Å².